The van der Waals surface area contributed by atoms with Crippen LogP contribution in [0.25, 0.3) is 0 Å². The monoisotopic (exact) mass is 291 g/mol. The van der Waals surface area contributed by atoms with E-state index in [0.29, 0.717) is 18.5 Å². The second kappa shape index (κ2) is 6.72. The van der Waals surface area contributed by atoms with Gasteiger partial charge in [-0.3, -0.25) is 4.79 Å². The Hall–Kier alpha value is -1.88. The minimum atomic E-state index is -1.03. The molecule has 1 fully saturated rings. The summed E-state index contributed by atoms with van der Waals surface area (Å²) >= 11 is 0. The van der Waals surface area contributed by atoms with Crippen LogP contribution >= 0.6 is 0 Å². The number of nitrogens with one attached hydrogen (secondary N) is 1. The zero-order valence-electron chi connectivity index (χ0n) is 12.4. The maximum atomic E-state index is 12.0. The van der Waals surface area contributed by atoms with Gasteiger partial charge in [0.2, 0.25) is 5.91 Å². The van der Waals surface area contributed by atoms with Crippen LogP contribution in [-0.2, 0) is 9.53 Å². The molecule has 5 heteroatoms. The number of carbonyl (C=O) groups is 2. The van der Waals surface area contributed by atoms with Crippen LogP contribution in [0.2, 0.25) is 0 Å². The number of aromatic carboxylic acids is 1. The van der Waals surface area contributed by atoms with Crippen molar-refractivity contribution in [2.45, 2.75) is 45.6 Å². The number of benzene rings is 1. The molecule has 0 aliphatic carbocycles. The lowest BCUT2D eigenvalue weighted by atomic mass is 10.0. The molecule has 1 aromatic rings. The zero-order chi connectivity index (χ0) is 15.4. The lowest BCUT2D eigenvalue weighted by molar-refractivity contribution is -0.116. The lowest BCUT2D eigenvalue weighted by Crippen LogP contribution is -2.18. The van der Waals surface area contributed by atoms with E-state index in [1.54, 1.807) is 13.0 Å². The van der Waals surface area contributed by atoms with Crippen molar-refractivity contribution >= 4 is 17.6 Å². The Morgan fingerprint density at radius 1 is 1.38 bits per heavy atom. The Balaban J connectivity index is 2.04. The first-order chi connectivity index (χ1) is 9.97. The van der Waals surface area contributed by atoms with Crippen LogP contribution in [0.15, 0.2) is 12.1 Å². The quantitative estimate of drug-likeness (QED) is 0.874. The maximum Gasteiger partial charge on any atom is 0.337 e. The van der Waals surface area contributed by atoms with Crippen molar-refractivity contribution < 1.29 is 19.4 Å². The summed E-state index contributed by atoms with van der Waals surface area (Å²) in [5.74, 6) is -1.20. The second-order valence-electron chi connectivity index (χ2n) is 5.53. The van der Waals surface area contributed by atoms with Crippen LogP contribution in [0.5, 0.6) is 0 Å². The van der Waals surface area contributed by atoms with Gasteiger partial charge in [0.1, 0.15) is 0 Å². The highest BCUT2D eigenvalue weighted by molar-refractivity contribution is 6.01. The third-order valence-electron chi connectivity index (χ3n) is 3.69. The van der Waals surface area contributed by atoms with Crippen molar-refractivity contribution in [1.29, 1.82) is 0 Å². The van der Waals surface area contributed by atoms with Gasteiger partial charge in [0.15, 0.2) is 0 Å². The van der Waals surface area contributed by atoms with E-state index >= 15 is 0 Å². The highest BCUT2D eigenvalue weighted by Gasteiger charge is 2.19. The van der Waals surface area contributed by atoms with E-state index < -0.39 is 5.97 Å². The molecule has 21 heavy (non-hydrogen) atoms. The van der Waals surface area contributed by atoms with E-state index in [4.69, 9.17) is 4.74 Å². The number of carbonyl (C=O) groups excluding carboxylic acids is 1. The van der Waals surface area contributed by atoms with E-state index in [9.17, 15) is 14.7 Å². The van der Waals surface area contributed by atoms with Crippen LogP contribution in [-0.4, -0.2) is 29.7 Å². The fourth-order valence-electron chi connectivity index (χ4n) is 2.67. The van der Waals surface area contributed by atoms with Gasteiger partial charge in [0.05, 0.1) is 17.4 Å². The Morgan fingerprint density at radius 2 is 2.14 bits per heavy atom. The van der Waals surface area contributed by atoms with Crippen LogP contribution in [0, 0.1) is 13.8 Å². The summed E-state index contributed by atoms with van der Waals surface area (Å²) in [5, 5.41) is 12.0. The van der Waals surface area contributed by atoms with Crippen molar-refractivity contribution in [2.24, 2.45) is 0 Å². The molecule has 1 atom stereocenters. The van der Waals surface area contributed by atoms with Gasteiger partial charge in [-0.1, -0.05) is 6.07 Å². The number of carboxylic acids is 1. The third-order valence-corrected chi connectivity index (χ3v) is 3.69. The molecule has 1 aromatic carbocycles. The molecular formula is C16H21NO4. The first kappa shape index (κ1) is 15.5. The molecule has 5 nitrogen and oxygen atoms in total. The SMILES string of the molecule is Cc1cc(C)c(NC(=O)CCC2CCCO2)c(C(=O)O)c1. The first-order valence-electron chi connectivity index (χ1n) is 7.23. The van der Waals surface area contributed by atoms with E-state index in [2.05, 4.69) is 5.32 Å². The fraction of sp³-hybridized carbons (Fsp3) is 0.500. The molecule has 1 heterocycles. The molecule has 2 N–H and O–H groups in total. The van der Waals surface area contributed by atoms with Crippen molar-refractivity contribution in [3.63, 3.8) is 0 Å². The molecule has 1 amide bonds. The fourth-order valence-corrected chi connectivity index (χ4v) is 2.67. The molecule has 1 aliphatic heterocycles. The predicted octanol–water partition coefficient (Wildman–Crippen LogP) is 2.90. The molecule has 0 radical (unpaired) electrons. The zero-order valence-corrected chi connectivity index (χ0v) is 12.4. The Kier molecular flexibility index (Phi) is 4.96. The normalized spacial score (nSPS) is 17.7. The number of aryl methyl sites for hydroxylation is 2. The molecule has 1 saturated heterocycles. The molecule has 2 rings (SSSR count). The number of carboxylic acid groups (broad SMARTS) is 1. The van der Waals surface area contributed by atoms with Gasteiger partial charge in [-0.15, -0.1) is 0 Å². The highest BCUT2D eigenvalue weighted by Crippen LogP contribution is 2.24. The second-order valence-corrected chi connectivity index (χ2v) is 5.53. The van der Waals surface area contributed by atoms with Gasteiger partial charge in [0, 0.05) is 13.0 Å². The highest BCUT2D eigenvalue weighted by atomic mass is 16.5. The van der Waals surface area contributed by atoms with Crippen molar-refractivity contribution in [3.05, 3.63) is 28.8 Å². The predicted molar refractivity (Wildman–Crippen MR) is 79.7 cm³/mol. The minimum Gasteiger partial charge on any atom is -0.478 e. The topological polar surface area (TPSA) is 75.6 Å². The number of rotatable bonds is 5. The maximum absolute atomic E-state index is 12.0. The number of anilines is 1. The van der Waals surface area contributed by atoms with Crippen molar-refractivity contribution in [3.8, 4) is 0 Å². The van der Waals surface area contributed by atoms with Crippen LogP contribution in [0.4, 0.5) is 5.69 Å². The Labute approximate surface area is 124 Å². The third kappa shape index (κ3) is 4.04. The van der Waals surface area contributed by atoms with Gasteiger partial charge in [-0.05, 0) is 50.3 Å². The minimum absolute atomic E-state index is 0.137. The van der Waals surface area contributed by atoms with Gasteiger partial charge < -0.3 is 15.2 Å². The summed E-state index contributed by atoms with van der Waals surface area (Å²) in [6.45, 7) is 4.41. The van der Waals surface area contributed by atoms with Gasteiger partial charge in [-0.25, -0.2) is 4.79 Å². The van der Waals surface area contributed by atoms with Gasteiger partial charge in [-0.2, -0.15) is 0 Å². The van der Waals surface area contributed by atoms with Crippen molar-refractivity contribution in [1.82, 2.24) is 0 Å². The number of hydrogen-bond donors (Lipinski definition) is 2. The van der Waals surface area contributed by atoms with Crippen LogP contribution in [0.3, 0.4) is 0 Å². The summed E-state index contributed by atoms with van der Waals surface area (Å²) in [7, 11) is 0. The van der Waals surface area contributed by atoms with E-state index in [1.165, 1.54) is 0 Å². The van der Waals surface area contributed by atoms with E-state index in [1.807, 2.05) is 13.0 Å². The molecule has 1 unspecified atom stereocenters. The summed E-state index contributed by atoms with van der Waals surface area (Å²) in [5.41, 5.74) is 2.16. The van der Waals surface area contributed by atoms with Crippen LogP contribution in [0.1, 0.15) is 47.2 Å². The smallest absolute Gasteiger partial charge is 0.337 e. The summed E-state index contributed by atoms with van der Waals surface area (Å²) in [4.78, 5) is 23.3. The Morgan fingerprint density at radius 3 is 2.76 bits per heavy atom. The summed E-state index contributed by atoms with van der Waals surface area (Å²) in [6.07, 6.45) is 3.23. The first-order valence-corrected chi connectivity index (χ1v) is 7.23. The van der Waals surface area contributed by atoms with E-state index in [0.717, 1.165) is 30.6 Å². The molecule has 114 valence electrons. The van der Waals surface area contributed by atoms with Crippen molar-refractivity contribution in [2.75, 3.05) is 11.9 Å². The molecule has 0 spiro atoms. The molecule has 0 saturated carbocycles. The molecule has 0 aromatic heterocycles. The summed E-state index contributed by atoms with van der Waals surface area (Å²) < 4.78 is 5.48. The standard InChI is InChI=1S/C16H21NO4/c1-10-8-11(2)15(13(9-10)16(19)20)17-14(18)6-5-12-4-3-7-21-12/h8-9,12H,3-7H2,1-2H3,(H,17,18)(H,19,20). The molecule has 0 bridgehead atoms. The number of ether oxygens (including phenoxy) is 1. The van der Waals surface area contributed by atoms with E-state index in [-0.39, 0.29) is 17.6 Å². The summed E-state index contributed by atoms with van der Waals surface area (Å²) in [6, 6.07) is 3.44. The molecule has 1 aliphatic rings. The number of amides is 1. The van der Waals surface area contributed by atoms with Crippen LogP contribution < -0.4 is 5.32 Å². The van der Waals surface area contributed by atoms with Gasteiger partial charge in [0.25, 0.3) is 0 Å². The Bertz CT molecular complexity index is 547. The average molecular weight is 291 g/mol. The molecular weight excluding hydrogens is 270 g/mol. The lowest BCUT2D eigenvalue weighted by Gasteiger charge is -2.14. The average Bonchev–Trinajstić information content (AvgIpc) is 2.92. The largest absolute Gasteiger partial charge is 0.478 e. The number of hydrogen-bond acceptors (Lipinski definition) is 3. The van der Waals surface area contributed by atoms with Gasteiger partial charge >= 0.3 is 5.97 Å².